The van der Waals surface area contributed by atoms with Gasteiger partial charge in [-0.2, -0.15) is 0 Å². The number of unbranched alkanes of at least 4 members (excludes halogenated alkanes) is 1. The van der Waals surface area contributed by atoms with Crippen LogP contribution in [-0.4, -0.2) is 32.7 Å². The van der Waals surface area contributed by atoms with Crippen LogP contribution >= 0.6 is 11.8 Å². The Bertz CT molecular complexity index is 327. The van der Waals surface area contributed by atoms with Crippen molar-refractivity contribution in [2.75, 3.05) is 18.1 Å². The number of thioether (sulfide) groups is 1. The molecule has 1 rings (SSSR count). The van der Waals surface area contributed by atoms with Crippen molar-refractivity contribution in [2.45, 2.75) is 29.9 Å². The topological polar surface area (TPSA) is 37.3 Å². The monoisotopic (exact) mass is 272 g/mol. The molecule has 0 bridgehead atoms. The van der Waals surface area contributed by atoms with Crippen molar-refractivity contribution < 1.29 is 9.32 Å². The van der Waals surface area contributed by atoms with E-state index in [9.17, 15) is 9.32 Å². The second kappa shape index (κ2) is 8.72. The molecule has 0 saturated carbocycles. The molecule has 0 spiro atoms. The van der Waals surface area contributed by atoms with Crippen LogP contribution in [0, 0.1) is 0 Å². The molecule has 0 saturated heterocycles. The van der Waals surface area contributed by atoms with Crippen LogP contribution in [0.25, 0.3) is 0 Å². The first-order valence-corrected chi connectivity index (χ1v) is 8.30. The van der Waals surface area contributed by atoms with Gasteiger partial charge in [-0.15, -0.1) is 11.8 Å². The lowest BCUT2D eigenvalue weighted by molar-refractivity contribution is 0.301. The van der Waals surface area contributed by atoms with E-state index < -0.39 is 10.8 Å². The molecular weight excluding hydrogens is 252 g/mol. The number of aliphatic hydroxyl groups excluding tert-OH is 1. The number of benzene rings is 1. The average molecular weight is 272 g/mol. The summed E-state index contributed by atoms with van der Waals surface area (Å²) >= 11 is 1.61. The molecule has 1 aromatic rings. The van der Waals surface area contributed by atoms with Crippen molar-refractivity contribution in [2.24, 2.45) is 0 Å². The van der Waals surface area contributed by atoms with Crippen molar-refractivity contribution in [3.05, 3.63) is 30.3 Å². The second-order valence-corrected chi connectivity index (χ2v) is 6.89. The Labute approximate surface area is 110 Å². The molecular formula is C13H20O2S2. The zero-order valence-electron chi connectivity index (χ0n) is 10.2. The second-order valence-electron chi connectivity index (χ2n) is 3.90. The fourth-order valence-electron chi connectivity index (χ4n) is 1.41. The van der Waals surface area contributed by atoms with Gasteiger partial charge in [0.15, 0.2) is 0 Å². The van der Waals surface area contributed by atoms with E-state index in [0.29, 0.717) is 5.75 Å². The Balaban J connectivity index is 2.41. The molecule has 4 heteroatoms. The molecule has 0 fully saturated rings. The molecule has 17 heavy (non-hydrogen) atoms. The normalized spacial score (nSPS) is 14.5. The van der Waals surface area contributed by atoms with Gasteiger partial charge in [-0.3, -0.25) is 4.21 Å². The van der Waals surface area contributed by atoms with Gasteiger partial charge in [0.25, 0.3) is 0 Å². The highest BCUT2D eigenvalue weighted by molar-refractivity contribution is 8.00. The van der Waals surface area contributed by atoms with Crippen LogP contribution in [0.3, 0.4) is 0 Å². The van der Waals surface area contributed by atoms with Crippen LogP contribution < -0.4 is 0 Å². The molecule has 0 amide bonds. The molecule has 0 aliphatic heterocycles. The molecule has 0 heterocycles. The largest absolute Gasteiger partial charge is 0.395 e. The summed E-state index contributed by atoms with van der Waals surface area (Å²) in [4.78, 5) is 1.12. The highest BCUT2D eigenvalue weighted by Crippen LogP contribution is 2.23. The lowest BCUT2D eigenvalue weighted by Gasteiger charge is -2.13. The summed E-state index contributed by atoms with van der Waals surface area (Å²) in [5.74, 6) is 1.33. The Morgan fingerprint density at radius 3 is 2.65 bits per heavy atom. The minimum absolute atomic E-state index is 0.0371. The quantitative estimate of drug-likeness (QED) is 0.739. The Hall–Kier alpha value is -0.320. The average Bonchev–Trinajstić information content (AvgIpc) is 2.36. The Morgan fingerprint density at radius 2 is 2.06 bits per heavy atom. The lowest BCUT2D eigenvalue weighted by Crippen LogP contribution is -2.19. The van der Waals surface area contributed by atoms with E-state index in [-0.39, 0.29) is 11.9 Å². The molecule has 0 aliphatic carbocycles. The molecule has 2 atom stereocenters. The van der Waals surface area contributed by atoms with Gasteiger partial charge < -0.3 is 5.11 Å². The molecule has 1 aromatic carbocycles. The van der Waals surface area contributed by atoms with Crippen LogP contribution in [0.4, 0.5) is 0 Å². The summed E-state index contributed by atoms with van der Waals surface area (Å²) in [6.45, 7) is 2.18. The maximum atomic E-state index is 11.7. The third kappa shape index (κ3) is 6.24. The van der Waals surface area contributed by atoms with Crippen molar-refractivity contribution in [1.29, 1.82) is 0 Å². The van der Waals surface area contributed by atoms with Crippen molar-refractivity contribution in [3.8, 4) is 0 Å². The van der Waals surface area contributed by atoms with Crippen LogP contribution in [0.15, 0.2) is 35.2 Å². The van der Waals surface area contributed by atoms with Crippen LogP contribution in [0.1, 0.15) is 19.8 Å². The number of hydrogen-bond donors (Lipinski definition) is 1. The Morgan fingerprint density at radius 1 is 1.35 bits per heavy atom. The van der Waals surface area contributed by atoms with E-state index in [4.69, 9.17) is 0 Å². The van der Waals surface area contributed by atoms with E-state index in [1.807, 2.05) is 30.3 Å². The minimum Gasteiger partial charge on any atom is -0.395 e. The minimum atomic E-state index is -0.804. The first-order valence-electron chi connectivity index (χ1n) is 5.93. The zero-order valence-corrected chi connectivity index (χ0v) is 11.8. The molecule has 0 aromatic heterocycles. The predicted molar refractivity (Wildman–Crippen MR) is 76.0 cm³/mol. The maximum absolute atomic E-state index is 11.7. The van der Waals surface area contributed by atoms with E-state index >= 15 is 0 Å². The smallest absolute Gasteiger partial charge is 0.0562 e. The SMILES string of the molecule is CCCCS(=O)CC(CO)Sc1ccccc1. The highest BCUT2D eigenvalue weighted by Gasteiger charge is 2.13. The maximum Gasteiger partial charge on any atom is 0.0562 e. The van der Waals surface area contributed by atoms with E-state index in [2.05, 4.69) is 6.92 Å². The van der Waals surface area contributed by atoms with Gasteiger partial charge in [0.05, 0.1) is 6.61 Å². The van der Waals surface area contributed by atoms with Crippen LogP contribution in [-0.2, 0) is 10.8 Å². The molecule has 1 N–H and O–H groups in total. The van der Waals surface area contributed by atoms with Crippen molar-refractivity contribution in [3.63, 3.8) is 0 Å². The van der Waals surface area contributed by atoms with E-state index in [1.54, 1.807) is 11.8 Å². The van der Waals surface area contributed by atoms with E-state index in [1.165, 1.54) is 0 Å². The highest BCUT2D eigenvalue weighted by atomic mass is 32.2. The molecule has 0 aliphatic rings. The van der Waals surface area contributed by atoms with Gasteiger partial charge in [-0.05, 0) is 18.6 Å². The molecule has 96 valence electrons. The summed E-state index contributed by atoms with van der Waals surface area (Å²) in [5.41, 5.74) is 0. The van der Waals surface area contributed by atoms with E-state index in [0.717, 1.165) is 23.5 Å². The van der Waals surface area contributed by atoms with Gasteiger partial charge in [0, 0.05) is 32.5 Å². The summed E-state index contributed by atoms with van der Waals surface area (Å²) in [7, 11) is -0.804. The third-order valence-electron chi connectivity index (χ3n) is 2.35. The van der Waals surface area contributed by atoms with Crippen LogP contribution in [0.5, 0.6) is 0 Å². The standard InChI is InChI=1S/C13H20O2S2/c1-2-3-9-17(15)11-13(10-14)16-12-7-5-4-6-8-12/h4-8,13-14H,2-3,9-11H2,1H3. The van der Waals surface area contributed by atoms with Gasteiger partial charge in [-0.1, -0.05) is 31.5 Å². The number of hydrogen-bond acceptors (Lipinski definition) is 3. The Kier molecular flexibility index (Phi) is 7.56. The zero-order chi connectivity index (χ0) is 12.5. The van der Waals surface area contributed by atoms with Crippen molar-refractivity contribution in [1.82, 2.24) is 0 Å². The summed E-state index contributed by atoms with van der Waals surface area (Å²) in [6, 6.07) is 9.96. The predicted octanol–water partition coefficient (Wildman–Crippen LogP) is 2.69. The summed E-state index contributed by atoms with van der Waals surface area (Å²) in [5, 5.41) is 9.34. The molecule has 2 nitrogen and oxygen atoms in total. The fourth-order valence-corrected chi connectivity index (χ4v) is 4.21. The first-order chi connectivity index (χ1) is 8.26. The molecule has 2 unspecified atom stereocenters. The summed E-state index contributed by atoms with van der Waals surface area (Å²) < 4.78 is 11.7. The first kappa shape index (κ1) is 14.7. The lowest BCUT2D eigenvalue weighted by atomic mass is 10.4. The van der Waals surface area contributed by atoms with Gasteiger partial charge >= 0.3 is 0 Å². The van der Waals surface area contributed by atoms with Gasteiger partial charge in [-0.25, -0.2) is 0 Å². The third-order valence-corrected chi connectivity index (χ3v) is 5.27. The molecule has 0 radical (unpaired) electrons. The van der Waals surface area contributed by atoms with Gasteiger partial charge in [0.2, 0.25) is 0 Å². The fraction of sp³-hybridized carbons (Fsp3) is 0.538. The van der Waals surface area contributed by atoms with Gasteiger partial charge in [0.1, 0.15) is 0 Å². The van der Waals surface area contributed by atoms with Crippen LogP contribution in [0.2, 0.25) is 0 Å². The number of rotatable bonds is 8. The number of aliphatic hydroxyl groups is 1. The summed E-state index contributed by atoms with van der Waals surface area (Å²) in [6.07, 6.45) is 2.07. The van der Waals surface area contributed by atoms with Crippen molar-refractivity contribution >= 4 is 22.6 Å².